The van der Waals surface area contributed by atoms with Gasteiger partial charge in [-0.2, -0.15) is 0 Å². The van der Waals surface area contributed by atoms with Crippen LogP contribution in [-0.4, -0.2) is 266 Å². The van der Waals surface area contributed by atoms with Gasteiger partial charge in [0.1, 0.15) is 35.6 Å². The van der Waals surface area contributed by atoms with Gasteiger partial charge in [-0.3, -0.25) is 68.9 Å². The monoisotopic (exact) mass is 1440 g/mol. The van der Waals surface area contributed by atoms with Crippen LogP contribution in [0.4, 0.5) is 26.7 Å². The quantitative estimate of drug-likeness (QED) is 0.136. The van der Waals surface area contributed by atoms with E-state index >= 15 is 0 Å². The molecule has 3 unspecified atom stereocenters. The van der Waals surface area contributed by atoms with Crippen LogP contribution in [0, 0.1) is 17.8 Å². The van der Waals surface area contributed by atoms with E-state index in [9.17, 15) is 57.5 Å². The van der Waals surface area contributed by atoms with Gasteiger partial charge in [0.05, 0.1) is 5.92 Å². The van der Waals surface area contributed by atoms with E-state index in [4.69, 9.17) is 9.47 Å². The Balaban J connectivity index is 0.000000144. The minimum Gasteiger partial charge on any atom is -0.444 e. The summed E-state index contributed by atoms with van der Waals surface area (Å²) in [4.78, 5) is 163. The van der Waals surface area contributed by atoms with Gasteiger partial charge in [0.2, 0.25) is 35.4 Å². The third-order valence-corrected chi connectivity index (χ3v) is 20.7. The van der Waals surface area contributed by atoms with Crippen molar-refractivity contribution in [3.8, 4) is 0 Å². The molecule has 29 nitrogen and oxygen atoms in total. The number of likely N-dealkylation sites (tertiary alicyclic amines) is 2. The number of halogens is 1. The molecule has 0 radical (unpaired) electrons. The Labute approximate surface area is 606 Å². The lowest BCUT2D eigenvalue weighted by molar-refractivity contribution is -0.138. The largest absolute Gasteiger partial charge is 0.444 e. The van der Waals surface area contributed by atoms with Crippen LogP contribution in [0.15, 0.2) is 54.6 Å². The number of carbonyl (C=O) groups is 12. The highest BCUT2D eigenvalue weighted by Crippen LogP contribution is 2.35. The van der Waals surface area contributed by atoms with Gasteiger partial charge in [-0.15, -0.1) is 12.4 Å². The molecule has 3 aromatic rings. The lowest BCUT2D eigenvalue weighted by atomic mass is 9.99. The first kappa shape index (κ1) is 75.4. The predicted molar refractivity (Wildman–Crippen MR) is 382 cm³/mol. The van der Waals surface area contributed by atoms with Gasteiger partial charge in [-0.25, -0.2) is 9.59 Å². The second-order valence-electron chi connectivity index (χ2n) is 30.6. The molecule has 9 saturated heterocycles. The Morgan fingerprint density at radius 2 is 0.796 bits per heavy atom. The Bertz CT molecular complexity index is 3750. The maximum Gasteiger partial charge on any atom is 0.410 e. The number of hydrogen-bond acceptors (Lipinski definition) is 21. The van der Waals surface area contributed by atoms with Crippen molar-refractivity contribution < 1.29 is 67.0 Å². The van der Waals surface area contributed by atoms with Crippen molar-refractivity contribution >= 4 is 101 Å². The van der Waals surface area contributed by atoms with E-state index in [-0.39, 0.29) is 103 Å². The van der Waals surface area contributed by atoms with Gasteiger partial charge in [0.25, 0.3) is 17.7 Å². The summed E-state index contributed by atoms with van der Waals surface area (Å²) >= 11 is 0. The summed E-state index contributed by atoms with van der Waals surface area (Å²) < 4.78 is 10.5. The average Bonchev–Trinajstić information content (AvgIpc) is 1.64. The maximum absolute atomic E-state index is 12.9. The van der Waals surface area contributed by atoms with Crippen molar-refractivity contribution in [1.82, 2.24) is 60.9 Å². The molecule has 9 fully saturated rings. The van der Waals surface area contributed by atoms with Crippen LogP contribution in [0.1, 0.15) is 128 Å². The Morgan fingerprint density at radius 1 is 0.456 bits per heavy atom. The fourth-order valence-corrected chi connectivity index (χ4v) is 15.0. The third kappa shape index (κ3) is 18.1. The summed E-state index contributed by atoms with van der Waals surface area (Å²) in [6, 6.07) is 16.2. The predicted octanol–water partition coefficient (Wildman–Crippen LogP) is 2.56. The van der Waals surface area contributed by atoms with E-state index in [1.54, 1.807) is 19.6 Å². The van der Waals surface area contributed by atoms with Crippen LogP contribution in [0.3, 0.4) is 0 Å². The highest BCUT2D eigenvalue weighted by atomic mass is 35.5. The van der Waals surface area contributed by atoms with E-state index in [1.165, 1.54) is 11.4 Å². The SMILES string of the molecule is CC(C)(C)OC(=O)N1CC(C=O)C1.CC(C)(C)OC(=O)N1CC(CN2CCN(c3ccc4c(c3)CN(C3CCC(=O)NC3=O)C4=O)CC2)C1.Cl.O=C1CCC(N2Cc3cc(N4CCN(CC5CNC5)CC4)ccc3C2=O)C(=O)N1.O=C1CCC(N2Cc3cc(N4CCNCC4)ccc3C2=O)C(=O)N1. The fourth-order valence-electron chi connectivity index (χ4n) is 15.0. The Kier molecular flexibility index (Phi) is 23.5. The van der Waals surface area contributed by atoms with E-state index in [0.717, 1.165) is 157 Å². The summed E-state index contributed by atoms with van der Waals surface area (Å²) in [6.45, 7) is 30.9. The smallest absolute Gasteiger partial charge is 0.410 e. The molecule has 12 aliphatic rings. The number of hydrogen-bond donors (Lipinski definition) is 5. The van der Waals surface area contributed by atoms with Crippen LogP contribution in [0.5, 0.6) is 0 Å². The van der Waals surface area contributed by atoms with Crippen LogP contribution in [-0.2, 0) is 62.7 Å². The first-order valence-electron chi connectivity index (χ1n) is 36.1. The number of anilines is 3. The first-order valence-corrected chi connectivity index (χ1v) is 36.1. The molecule has 0 aromatic heterocycles. The summed E-state index contributed by atoms with van der Waals surface area (Å²) in [5.41, 5.74) is 7.28. The number of piperidine rings is 3. The normalized spacial score (nSPS) is 23.4. The number of carbonyl (C=O) groups excluding carboxylic acids is 12. The lowest BCUT2D eigenvalue weighted by Crippen LogP contribution is -2.57. The zero-order chi connectivity index (χ0) is 72.3. The number of piperazine rings is 3. The molecule has 0 saturated carbocycles. The molecule has 0 spiro atoms. The molecule has 12 heterocycles. The number of benzene rings is 3. The molecule has 30 heteroatoms. The van der Waals surface area contributed by atoms with Crippen molar-refractivity contribution in [2.75, 3.05) is 146 Å². The van der Waals surface area contributed by atoms with Crippen molar-refractivity contribution in [2.24, 2.45) is 17.8 Å². The number of imide groups is 3. The summed E-state index contributed by atoms with van der Waals surface area (Å²) in [6.07, 6.45) is 2.30. The number of ether oxygens (including phenoxy) is 2. The lowest BCUT2D eigenvalue weighted by Gasteiger charge is -2.44. The van der Waals surface area contributed by atoms with E-state index in [1.807, 2.05) is 77.9 Å². The van der Waals surface area contributed by atoms with Crippen molar-refractivity contribution in [2.45, 2.75) is 129 Å². The zero-order valence-corrected chi connectivity index (χ0v) is 60.7. The summed E-state index contributed by atoms with van der Waals surface area (Å²) in [7, 11) is 0. The molecule has 3 aromatic carbocycles. The van der Waals surface area contributed by atoms with Crippen LogP contribution in [0.2, 0.25) is 0 Å². The molecule has 15 rings (SSSR count). The Hall–Kier alpha value is -8.77. The van der Waals surface area contributed by atoms with Crippen molar-refractivity contribution in [1.29, 1.82) is 0 Å². The van der Waals surface area contributed by atoms with E-state index in [0.29, 0.717) is 74.6 Å². The Morgan fingerprint density at radius 3 is 1.12 bits per heavy atom. The summed E-state index contributed by atoms with van der Waals surface area (Å²) in [5.74, 6) is -0.999. The fraction of sp³-hybridized carbons (Fsp3) is 0.589. The average molecular weight is 1450 g/mol. The number of nitrogens with zero attached hydrogens (tertiary/aromatic N) is 10. The highest BCUT2D eigenvalue weighted by molar-refractivity contribution is 6.08. The number of rotatable bonds is 11. The van der Waals surface area contributed by atoms with Crippen molar-refractivity contribution in [3.63, 3.8) is 0 Å². The van der Waals surface area contributed by atoms with Gasteiger partial charge < -0.3 is 64.1 Å². The molecule has 3 atom stereocenters. The van der Waals surface area contributed by atoms with Gasteiger partial charge in [-0.1, -0.05) is 0 Å². The molecular formula is C73H98ClN15O14. The number of aldehydes is 1. The molecule has 0 bridgehead atoms. The molecule has 5 N–H and O–H groups in total. The number of amides is 11. The molecule has 0 aliphatic carbocycles. The summed E-state index contributed by atoms with van der Waals surface area (Å²) in [5, 5.41) is 13.7. The molecule has 12 aliphatic heterocycles. The second-order valence-corrected chi connectivity index (χ2v) is 30.6. The molecule has 103 heavy (non-hydrogen) atoms. The van der Waals surface area contributed by atoms with E-state index < -0.39 is 29.3 Å². The van der Waals surface area contributed by atoms with Gasteiger partial charge in [-0.05, 0) is 138 Å². The van der Waals surface area contributed by atoms with Crippen LogP contribution in [0.25, 0.3) is 0 Å². The maximum atomic E-state index is 12.9. The van der Waals surface area contributed by atoms with Gasteiger partial charge in [0.15, 0.2) is 0 Å². The third-order valence-electron chi connectivity index (χ3n) is 20.7. The second kappa shape index (κ2) is 32.1. The minimum atomic E-state index is -0.590. The zero-order valence-electron chi connectivity index (χ0n) is 59.8. The number of fused-ring (bicyclic) bond motifs is 3. The van der Waals surface area contributed by atoms with Gasteiger partial charge in [0, 0.05) is 209 Å². The van der Waals surface area contributed by atoms with Gasteiger partial charge >= 0.3 is 12.2 Å². The van der Waals surface area contributed by atoms with E-state index in [2.05, 4.69) is 69.3 Å². The molecule has 556 valence electrons. The standard InChI is InChI=1S/C26H35N5O5.C21H27N5O3.C17H20N4O3.C9H15NO3.ClH/c1-26(2,3)36-25(35)30-14-17(15-30)13-28-8-10-29(11-9-28)19-4-5-20-18(12-19)16-31(24(20)34)21-6-7-22(32)27-23(21)33;27-19-4-3-18(20(28)23-19)26-13-15-9-16(1-2-17(15)21(26)29)25-7-5-24(6-8-25)12-14-10-22-11-14;22-15-4-3-14(16(23)19-15)21-10-11-9-12(1-2-13(11)17(21)24)20-7-5-18-6-8-20;1-9(2,3)13-8(12)10-4-7(5-10)6-11;/h4-5,12,17,21H,6-11,13-16H2,1-3H3,(H,27,32,33);1-2,9,14,18,22H,3-8,10-13H2,(H,23,27,28);1-2,9,14,18H,3-8,10H2,(H,19,22,23);6-7H,4-5H2,1-3H3;1H. The van der Waals surface area contributed by atoms with Crippen molar-refractivity contribution in [3.05, 3.63) is 88.0 Å². The molecular weight excluding hydrogens is 1350 g/mol. The topological polar surface area (TPSA) is 316 Å². The van der Waals surface area contributed by atoms with Crippen LogP contribution >= 0.6 is 12.4 Å². The molecule has 11 amide bonds. The first-order chi connectivity index (χ1) is 48.7. The minimum absolute atomic E-state index is 0. The van der Waals surface area contributed by atoms with Crippen LogP contribution < -0.4 is 41.3 Å². The number of nitrogens with one attached hydrogen (secondary N) is 5. The highest BCUT2D eigenvalue weighted by Gasteiger charge is 2.44.